The summed E-state index contributed by atoms with van der Waals surface area (Å²) < 4.78 is 32.7. The van der Waals surface area contributed by atoms with Crippen molar-refractivity contribution >= 4 is 21.8 Å². The number of thioether (sulfide) groups is 1. The Bertz CT molecular complexity index is 803. The Kier molecular flexibility index (Phi) is 9.35. The Labute approximate surface area is 174 Å². The van der Waals surface area contributed by atoms with Crippen LogP contribution in [0.25, 0.3) is 0 Å². The minimum Gasteiger partial charge on any atom is -0.497 e. The number of aryl methyl sites for hydroxylation is 1. The van der Waals surface area contributed by atoms with Crippen LogP contribution in [0.5, 0.6) is 5.75 Å². The van der Waals surface area contributed by atoms with E-state index >= 15 is 0 Å². The van der Waals surface area contributed by atoms with Gasteiger partial charge in [-0.25, -0.2) is 13.1 Å². The van der Waals surface area contributed by atoms with Crippen LogP contribution in [-0.4, -0.2) is 27.3 Å². The largest absolute Gasteiger partial charge is 0.497 e. The lowest BCUT2D eigenvalue weighted by molar-refractivity contribution is 0.414. The molecule has 1 unspecified atom stereocenters. The Morgan fingerprint density at radius 2 is 1.64 bits per heavy atom. The predicted molar refractivity (Wildman–Crippen MR) is 118 cm³/mol. The summed E-state index contributed by atoms with van der Waals surface area (Å²) in [5, 5.41) is 0.484. The lowest BCUT2D eigenvalue weighted by Crippen LogP contribution is -2.25. The number of ether oxygens (including phenoxy) is 1. The number of nitrogens with one attached hydrogen (secondary N) is 1. The van der Waals surface area contributed by atoms with E-state index in [0.29, 0.717) is 16.7 Å². The smallest absolute Gasteiger partial charge is 0.240 e. The zero-order valence-corrected chi connectivity index (χ0v) is 18.6. The third kappa shape index (κ3) is 7.49. The van der Waals surface area contributed by atoms with Gasteiger partial charge in [-0.2, -0.15) is 0 Å². The predicted octanol–water partition coefficient (Wildman–Crippen LogP) is 5.41. The van der Waals surface area contributed by atoms with Crippen LogP contribution < -0.4 is 9.46 Å². The van der Waals surface area contributed by atoms with Crippen molar-refractivity contribution in [2.45, 2.75) is 61.0 Å². The molecule has 0 saturated carbocycles. The first kappa shape index (κ1) is 22.8. The van der Waals surface area contributed by atoms with Crippen molar-refractivity contribution in [3.63, 3.8) is 0 Å². The molecule has 0 heterocycles. The van der Waals surface area contributed by atoms with Gasteiger partial charge in [0.05, 0.1) is 12.0 Å². The van der Waals surface area contributed by atoms with Crippen molar-refractivity contribution in [2.75, 3.05) is 13.7 Å². The zero-order chi connectivity index (χ0) is 20.4. The first-order chi connectivity index (χ1) is 13.4. The molecule has 0 aliphatic heterocycles. The van der Waals surface area contributed by atoms with Gasteiger partial charge < -0.3 is 4.74 Å². The zero-order valence-electron chi connectivity index (χ0n) is 17.0. The first-order valence-electron chi connectivity index (χ1n) is 9.81. The van der Waals surface area contributed by atoms with Crippen molar-refractivity contribution < 1.29 is 13.2 Å². The standard InChI is InChI=1S/C22H31NO3S2/c1-4-5-7-20(27-21-13-11-19(26-3)12-14-21)8-6-17-23-28(24,25)22-15-9-18(2)10-16-22/h9-16,20,23H,4-8,17H2,1-3H3. The maximum absolute atomic E-state index is 12.4. The summed E-state index contributed by atoms with van der Waals surface area (Å²) in [6, 6.07) is 15.1. The third-order valence-electron chi connectivity index (χ3n) is 4.57. The van der Waals surface area contributed by atoms with E-state index in [4.69, 9.17) is 4.74 Å². The first-order valence-corrected chi connectivity index (χ1v) is 12.2. The molecular formula is C22H31NO3S2. The van der Waals surface area contributed by atoms with Crippen molar-refractivity contribution in [1.29, 1.82) is 0 Å². The van der Waals surface area contributed by atoms with Crippen LogP contribution in [-0.2, 0) is 10.0 Å². The highest BCUT2D eigenvalue weighted by atomic mass is 32.2. The molecule has 0 spiro atoms. The van der Waals surface area contributed by atoms with Crippen molar-refractivity contribution in [1.82, 2.24) is 4.72 Å². The van der Waals surface area contributed by atoms with E-state index in [1.807, 2.05) is 43.0 Å². The fourth-order valence-corrected chi connectivity index (χ4v) is 5.20. The van der Waals surface area contributed by atoms with Gasteiger partial charge in [0, 0.05) is 16.7 Å². The lowest BCUT2D eigenvalue weighted by Gasteiger charge is -2.17. The van der Waals surface area contributed by atoms with E-state index in [2.05, 4.69) is 23.8 Å². The van der Waals surface area contributed by atoms with Gasteiger partial charge in [-0.1, -0.05) is 37.5 Å². The Morgan fingerprint density at radius 1 is 1.00 bits per heavy atom. The number of rotatable bonds is 12. The molecule has 1 atom stereocenters. The van der Waals surface area contributed by atoms with Crippen LogP contribution in [0.1, 0.15) is 44.6 Å². The molecule has 6 heteroatoms. The normalized spacial score (nSPS) is 12.7. The number of methoxy groups -OCH3 is 1. The molecular weight excluding hydrogens is 390 g/mol. The van der Waals surface area contributed by atoms with Crippen LogP contribution >= 0.6 is 11.8 Å². The SMILES string of the molecule is CCCCC(CCCNS(=O)(=O)c1ccc(C)cc1)Sc1ccc(OC)cc1. The fraction of sp³-hybridized carbons (Fsp3) is 0.455. The Morgan fingerprint density at radius 3 is 2.25 bits per heavy atom. The monoisotopic (exact) mass is 421 g/mol. The number of benzene rings is 2. The number of hydrogen-bond donors (Lipinski definition) is 1. The average Bonchev–Trinajstić information content (AvgIpc) is 2.70. The summed E-state index contributed by atoms with van der Waals surface area (Å²) in [6.45, 7) is 4.60. The van der Waals surface area contributed by atoms with E-state index in [0.717, 1.165) is 30.6 Å². The summed E-state index contributed by atoms with van der Waals surface area (Å²) in [5.41, 5.74) is 1.05. The fourth-order valence-electron chi connectivity index (χ4n) is 2.88. The molecule has 0 radical (unpaired) electrons. The minimum absolute atomic E-state index is 0.327. The van der Waals surface area contributed by atoms with Gasteiger partial charge in [-0.3, -0.25) is 0 Å². The van der Waals surface area contributed by atoms with Crippen LogP contribution in [0.2, 0.25) is 0 Å². The second-order valence-corrected chi connectivity index (χ2v) is 10.1. The summed E-state index contributed by atoms with van der Waals surface area (Å²) in [5.74, 6) is 0.861. The van der Waals surface area contributed by atoms with Crippen LogP contribution in [0, 0.1) is 6.92 Å². The average molecular weight is 422 g/mol. The highest BCUT2D eigenvalue weighted by Gasteiger charge is 2.14. The van der Waals surface area contributed by atoms with Crippen LogP contribution in [0.3, 0.4) is 0 Å². The second kappa shape index (κ2) is 11.5. The van der Waals surface area contributed by atoms with Gasteiger partial charge in [-0.15, -0.1) is 11.8 Å². The topological polar surface area (TPSA) is 55.4 Å². The number of unbranched alkanes of at least 4 members (excludes halogenated alkanes) is 1. The van der Waals surface area contributed by atoms with E-state index < -0.39 is 10.0 Å². The summed E-state index contributed by atoms with van der Waals surface area (Å²) in [6.07, 6.45) is 5.29. The molecule has 0 aliphatic carbocycles. The molecule has 1 N–H and O–H groups in total. The Balaban J connectivity index is 1.85. The molecule has 0 aromatic heterocycles. The van der Waals surface area contributed by atoms with Gasteiger partial charge in [0.2, 0.25) is 10.0 Å². The number of hydrogen-bond acceptors (Lipinski definition) is 4. The maximum atomic E-state index is 12.4. The molecule has 0 aliphatic rings. The lowest BCUT2D eigenvalue weighted by atomic mass is 10.1. The van der Waals surface area contributed by atoms with Crippen molar-refractivity contribution in [2.24, 2.45) is 0 Å². The second-order valence-electron chi connectivity index (χ2n) is 6.91. The van der Waals surface area contributed by atoms with Crippen molar-refractivity contribution in [3.8, 4) is 5.75 Å². The molecule has 4 nitrogen and oxygen atoms in total. The summed E-state index contributed by atoms with van der Waals surface area (Å²) in [7, 11) is -1.76. The molecule has 154 valence electrons. The van der Waals surface area contributed by atoms with Crippen LogP contribution in [0.15, 0.2) is 58.3 Å². The van der Waals surface area contributed by atoms with Gasteiger partial charge >= 0.3 is 0 Å². The molecule has 0 amide bonds. The minimum atomic E-state index is -3.43. The molecule has 2 aromatic rings. The van der Waals surface area contributed by atoms with E-state index in [9.17, 15) is 8.42 Å². The molecule has 28 heavy (non-hydrogen) atoms. The Hall–Kier alpha value is -1.50. The van der Waals surface area contributed by atoms with Gasteiger partial charge in [0.25, 0.3) is 0 Å². The molecule has 2 aromatic carbocycles. The highest BCUT2D eigenvalue weighted by Crippen LogP contribution is 2.31. The molecule has 0 saturated heterocycles. The molecule has 0 fully saturated rings. The van der Waals surface area contributed by atoms with Gasteiger partial charge in [0.15, 0.2) is 0 Å². The quantitative estimate of drug-likeness (QED) is 0.368. The summed E-state index contributed by atoms with van der Waals surface area (Å²) in [4.78, 5) is 1.55. The number of sulfonamides is 1. The van der Waals surface area contributed by atoms with E-state index in [-0.39, 0.29) is 0 Å². The van der Waals surface area contributed by atoms with E-state index in [1.165, 1.54) is 17.7 Å². The van der Waals surface area contributed by atoms with Gasteiger partial charge in [0.1, 0.15) is 5.75 Å². The van der Waals surface area contributed by atoms with Gasteiger partial charge in [-0.05, 0) is 62.6 Å². The third-order valence-corrected chi connectivity index (χ3v) is 7.39. The molecule has 0 bridgehead atoms. The molecule has 2 rings (SSSR count). The van der Waals surface area contributed by atoms with Crippen molar-refractivity contribution in [3.05, 3.63) is 54.1 Å². The summed E-state index contributed by atoms with van der Waals surface area (Å²) >= 11 is 1.87. The highest BCUT2D eigenvalue weighted by molar-refractivity contribution is 8.00. The maximum Gasteiger partial charge on any atom is 0.240 e. The van der Waals surface area contributed by atoms with Crippen LogP contribution in [0.4, 0.5) is 0 Å². The van der Waals surface area contributed by atoms with E-state index in [1.54, 1.807) is 19.2 Å².